The zero-order chi connectivity index (χ0) is 38.2. The van der Waals surface area contributed by atoms with Crippen LogP contribution in [0.25, 0.3) is 105 Å². The van der Waals surface area contributed by atoms with Crippen molar-refractivity contribution in [3.05, 3.63) is 194 Å². The van der Waals surface area contributed by atoms with Crippen molar-refractivity contribution >= 4 is 76.4 Å². The number of nitrogens with zero attached hydrogens (tertiary/aromatic N) is 5. The topological polar surface area (TPSA) is 48.5 Å². The van der Waals surface area contributed by atoms with Crippen LogP contribution in [-0.2, 0) is 0 Å². The van der Waals surface area contributed by atoms with E-state index in [1.807, 2.05) is 18.2 Å². The maximum atomic E-state index is 5.24. The second kappa shape index (κ2) is 13.0. The average Bonchev–Trinajstić information content (AvgIpc) is 3.83. The van der Waals surface area contributed by atoms with Gasteiger partial charge in [0.1, 0.15) is 0 Å². The summed E-state index contributed by atoms with van der Waals surface area (Å²) >= 11 is 0. The minimum absolute atomic E-state index is 0.660. The van der Waals surface area contributed by atoms with Crippen molar-refractivity contribution in [2.24, 2.45) is 0 Å². The maximum Gasteiger partial charge on any atom is 0.164 e. The largest absolute Gasteiger partial charge is 0.313 e. The molecule has 3 aromatic heterocycles. The molecule has 0 atom stereocenters. The van der Waals surface area contributed by atoms with Gasteiger partial charge in [-0.2, -0.15) is 0 Å². The van der Waals surface area contributed by atoms with Gasteiger partial charge < -0.3 is 9.13 Å². The van der Waals surface area contributed by atoms with Gasteiger partial charge in [-0.25, -0.2) is 15.0 Å². The molecule has 1 aliphatic rings. The van der Waals surface area contributed by atoms with E-state index in [9.17, 15) is 0 Å². The molecule has 58 heavy (non-hydrogen) atoms. The fraction of sp³-hybridized carbons (Fsp3) is 0.0377. The summed E-state index contributed by atoms with van der Waals surface area (Å²) in [7, 11) is 0. The maximum absolute atomic E-state index is 5.24. The molecule has 272 valence electrons. The third-order valence-electron chi connectivity index (χ3n) is 11.9. The lowest BCUT2D eigenvalue weighted by atomic mass is 10.00. The van der Waals surface area contributed by atoms with Gasteiger partial charge in [0.15, 0.2) is 17.5 Å². The van der Waals surface area contributed by atoms with E-state index in [-0.39, 0.29) is 0 Å². The fourth-order valence-corrected chi connectivity index (χ4v) is 9.19. The lowest BCUT2D eigenvalue weighted by Gasteiger charge is -2.18. The molecule has 0 radical (unpaired) electrons. The number of para-hydroxylation sites is 2. The summed E-state index contributed by atoms with van der Waals surface area (Å²) in [5.41, 5.74) is 10.1. The first-order chi connectivity index (χ1) is 28.8. The Morgan fingerprint density at radius 3 is 1.60 bits per heavy atom. The molecule has 0 saturated carbocycles. The van der Waals surface area contributed by atoms with Gasteiger partial charge in [0.2, 0.25) is 0 Å². The highest BCUT2D eigenvalue weighted by molar-refractivity contribution is 6.28. The molecule has 0 aliphatic heterocycles. The summed E-state index contributed by atoms with van der Waals surface area (Å²) in [4.78, 5) is 15.5. The molecular formula is C53H35N5. The molecule has 5 heteroatoms. The first-order valence-corrected chi connectivity index (χ1v) is 19.9. The third kappa shape index (κ3) is 5.07. The summed E-state index contributed by atoms with van der Waals surface area (Å²) in [6.45, 7) is 0. The van der Waals surface area contributed by atoms with E-state index in [4.69, 9.17) is 15.0 Å². The minimum atomic E-state index is 0.660. The predicted octanol–water partition coefficient (Wildman–Crippen LogP) is 13.4. The Balaban J connectivity index is 1.03. The van der Waals surface area contributed by atoms with Crippen molar-refractivity contribution < 1.29 is 0 Å². The summed E-state index contributed by atoms with van der Waals surface area (Å²) in [6.07, 6.45) is 6.14. The van der Waals surface area contributed by atoms with Crippen LogP contribution in [-0.4, -0.2) is 24.1 Å². The number of hydrogen-bond donors (Lipinski definition) is 0. The SMILES string of the molecule is C1=C(c2nc(-c3ccccc3)nc(-c3ccc4c5ccccc5n(-c5ccccc5)c4c3)n2)CCC(n2c3ccc4ccccc4c3c3c4ccccc4ccc32)=C1. The summed E-state index contributed by atoms with van der Waals surface area (Å²) in [5.74, 6) is 2.04. The normalized spacial score (nSPS) is 13.2. The van der Waals surface area contributed by atoms with Gasteiger partial charge in [-0.1, -0.05) is 146 Å². The number of hydrogen-bond acceptors (Lipinski definition) is 3. The van der Waals surface area contributed by atoms with Crippen LogP contribution in [0, 0.1) is 0 Å². The Kier molecular flexibility index (Phi) is 7.29. The molecule has 3 heterocycles. The molecule has 0 amide bonds. The number of allylic oxidation sites excluding steroid dienone is 4. The molecule has 11 aromatic rings. The van der Waals surface area contributed by atoms with Crippen molar-refractivity contribution in [2.45, 2.75) is 12.8 Å². The Labute approximate surface area is 334 Å². The van der Waals surface area contributed by atoms with Gasteiger partial charge in [-0.15, -0.1) is 0 Å². The average molecular weight is 742 g/mol. The molecule has 0 spiro atoms. The van der Waals surface area contributed by atoms with Crippen molar-refractivity contribution in [2.75, 3.05) is 0 Å². The van der Waals surface area contributed by atoms with Gasteiger partial charge in [-0.05, 0) is 82.4 Å². The molecule has 1 aliphatic carbocycles. The number of rotatable bonds is 5. The molecule has 12 rings (SSSR count). The van der Waals surface area contributed by atoms with Crippen LogP contribution in [0.5, 0.6) is 0 Å². The van der Waals surface area contributed by atoms with Gasteiger partial charge >= 0.3 is 0 Å². The Morgan fingerprint density at radius 2 is 0.931 bits per heavy atom. The standard InChI is InChI=1S/C53H35N5/c1-3-15-36(16-4-1)51-54-52(56-53(55-51)38-25-30-44-43-21-11-12-22-45(43)57(48(44)33-38)39-17-5-2-6-18-39)37-23-28-40(29-24-37)58-46-31-26-34-13-7-9-19-41(34)49(46)50-42-20-10-8-14-35(42)27-32-47(50)58/h1-23,25-28,30-33H,24,29H2. The van der Waals surface area contributed by atoms with E-state index in [2.05, 4.69) is 179 Å². The highest BCUT2D eigenvalue weighted by atomic mass is 15.0. The minimum Gasteiger partial charge on any atom is -0.313 e. The van der Waals surface area contributed by atoms with Crippen LogP contribution in [0.15, 0.2) is 188 Å². The van der Waals surface area contributed by atoms with E-state index in [0.717, 1.165) is 40.7 Å². The summed E-state index contributed by atoms with van der Waals surface area (Å²) in [5, 5.41) is 10.1. The van der Waals surface area contributed by atoms with Gasteiger partial charge in [0, 0.05) is 44.1 Å². The number of aromatic nitrogens is 5. The second-order valence-corrected chi connectivity index (χ2v) is 15.1. The van der Waals surface area contributed by atoms with Crippen LogP contribution in [0.3, 0.4) is 0 Å². The highest BCUT2D eigenvalue weighted by Crippen LogP contribution is 2.42. The Morgan fingerprint density at radius 1 is 0.362 bits per heavy atom. The molecule has 8 aromatic carbocycles. The van der Waals surface area contributed by atoms with Crippen molar-refractivity contribution in [3.8, 4) is 28.5 Å². The second-order valence-electron chi connectivity index (χ2n) is 15.1. The molecule has 0 unspecified atom stereocenters. The highest BCUT2D eigenvalue weighted by Gasteiger charge is 2.22. The van der Waals surface area contributed by atoms with Crippen LogP contribution in [0.2, 0.25) is 0 Å². The Bertz CT molecular complexity index is 3410. The van der Waals surface area contributed by atoms with Crippen LogP contribution < -0.4 is 0 Å². The van der Waals surface area contributed by atoms with E-state index >= 15 is 0 Å². The van der Waals surface area contributed by atoms with E-state index in [1.165, 1.54) is 65.3 Å². The van der Waals surface area contributed by atoms with Crippen LogP contribution in [0.4, 0.5) is 0 Å². The lowest BCUT2D eigenvalue weighted by molar-refractivity contribution is 0.954. The third-order valence-corrected chi connectivity index (χ3v) is 11.9. The monoisotopic (exact) mass is 741 g/mol. The zero-order valence-electron chi connectivity index (χ0n) is 31.5. The first kappa shape index (κ1) is 32.6. The quantitative estimate of drug-likeness (QED) is 0.176. The lowest BCUT2D eigenvalue weighted by Crippen LogP contribution is -2.06. The van der Waals surface area contributed by atoms with Crippen LogP contribution >= 0.6 is 0 Å². The summed E-state index contributed by atoms with van der Waals surface area (Å²) in [6, 6.07) is 62.6. The van der Waals surface area contributed by atoms with E-state index in [0.29, 0.717) is 17.5 Å². The molecular weight excluding hydrogens is 707 g/mol. The van der Waals surface area contributed by atoms with Crippen molar-refractivity contribution in [3.63, 3.8) is 0 Å². The molecule has 5 nitrogen and oxygen atoms in total. The molecule has 0 saturated heterocycles. The zero-order valence-corrected chi connectivity index (χ0v) is 31.5. The predicted molar refractivity (Wildman–Crippen MR) is 241 cm³/mol. The van der Waals surface area contributed by atoms with Crippen molar-refractivity contribution in [1.82, 2.24) is 24.1 Å². The summed E-state index contributed by atoms with van der Waals surface area (Å²) < 4.78 is 4.82. The van der Waals surface area contributed by atoms with Gasteiger partial charge in [-0.3, -0.25) is 0 Å². The van der Waals surface area contributed by atoms with Gasteiger partial charge in [0.25, 0.3) is 0 Å². The van der Waals surface area contributed by atoms with Gasteiger partial charge in [0.05, 0.1) is 22.1 Å². The number of benzene rings is 8. The van der Waals surface area contributed by atoms with Crippen molar-refractivity contribution in [1.29, 1.82) is 0 Å². The fourth-order valence-electron chi connectivity index (χ4n) is 9.19. The first-order valence-electron chi connectivity index (χ1n) is 19.9. The van der Waals surface area contributed by atoms with Crippen LogP contribution in [0.1, 0.15) is 18.7 Å². The molecule has 0 bridgehead atoms. The smallest absolute Gasteiger partial charge is 0.164 e. The Hall–Kier alpha value is -7.63. The van der Waals surface area contributed by atoms with E-state index < -0.39 is 0 Å². The number of fused-ring (bicyclic) bond motifs is 10. The molecule has 0 fully saturated rings. The molecule has 0 N–H and O–H groups in total. The van der Waals surface area contributed by atoms with E-state index in [1.54, 1.807) is 0 Å².